The van der Waals surface area contributed by atoms with Crippen LogP contribution >= 0.6 is 0 Å². The molecule has 1 fully saturated rings. The Labute approximate surface area is 149 Å². The minimum Gasteiger partial charge on any atom is -0.442 e. The number of carbonyl (C=O) groups is 1. The highest BCUT2D eigenvalue weighted by molar-refractivity contribution is 5.90. The number of nitrogens with one attached hydrogen (secondary N) is 1. The maximum Gasteiger partial charge on any atom is 0.414 e. The molecule has 136 valence electrons. The van der Waals surface area contributed by atoms with E-state index in [-0.39, 0.29) is 11.9 Å². The first-order valence-electron chi connectivity index (χ1n) is 8.40. The average Bonchev–Trinajstić information content (AvgIpc) is 3.30. The lowest BCUT2D eigenvalue weighted by Gasteiger charge is -2.17. The molecule has 2 aliphatic rings. The third-order valence-electron chi connectivity index (χ3n) is 4.40. The monoisotopic (exact) mass is 359 g/mol. The Kier molecular flexibility index (Phi) is 4.57. The van der Waals surface area contributed by atoms with Crippen LogP contribution in [0.1, 0.15) is 12.0 Å². The maximum absolute atomic E-state index is 14.6. The van der Waals surface area contributed by atoms with Crippen molar-refractivity contribution in [3.63, 3.8) is 0 Å². The average molecular weight is 359 g/mol. The van der Waals surface area contributed by atoms with Crippen molar-refractivity contribution in [2.45, 2.75) is 12.5 Å². The summed E-state index contributed by atoms with van der Waals surface area (Å²) in [5.74, 6) is 0.215. The highest BCUT2D eigenvalue weighted by atomic mass is 19.1. The summed E-state index contributed by atoms with van der Waals surface area (Å²) in [5, 5.41) is 6.76. The van der Waals surface area contributed by atoms with E-state index in [1.807, 2.05) is 6.08 Å². The van der Waals surface area contributed by atoms with Gasteiger partial charge in [-0.05, 0) is 30.2 Å². The van der Waals surface area contributed by atoms with Crippen molar-refractivity contribution < 1.29 is 23.2 Å². The van der Waals surface area contributed by atoms with Gasteiger partial charge in [0.25, 0.3) is 0 Å². The smallest absolute Gasteiger partial charge is 0.414 e. The minimum absolute atomic E-state index is 0.332. The summed E-state index contributed by atoms with van der Waals surface area (Å²) in [5.41, 5.74) is 1.96. The van der Waals surface area contributed by atoms with Gasteiger partial charge in [-0.2, -0.15) is 0 Å². The van der Waals surface area contributed by atoms with Gasteiger partial charge in [-0.1, -0.05) is 11.2 Å². The van der Waals surface area contributed by atoms with Gasteiger partial charge in [0.05, 0.1) is 32.0 Å². The Morgan fingerprint density at radius 3 is 3.00 bits per heavy atom. The molecule has 0 spiro atoms. The zero-order valence-corrected chi connectivity index (χ0v) is 14.0. The second kappa shape index (κ2) is 7.17. The van der Waals surface area contributed by atoms with Crippen molar-refractivity contribution in [2.75, 3.05) is 36.5 Å². The van der Waals surface area contributed by atoms with Crippen LogP contribution in [0.3, 0.4) is 0 Å². The molecular weight excluding hydrogens is 341 g/mol. The number of aromatic nitrogens is 1. The lowest BCUT2D eigenvalue weighted by molar-refractivity contribution is 0.147. The predicted molar refractivity (Wildman–Crippen MR) is 92.4 cm³/mol. The Balaban J connectivity index is 1.44. The van der Waals surface area contributed by atoms with E-state index in [2.05, 4.69) is 10.5 Å². The fourth-order valence-electron chi connectivity index (χ4n) is 3.06. The van der Waals surface area contributed by atoms with E-state index in [1.165, 1.54) is 17.2 Å². The summed E-state index contributed by atoms with van der Waals surface area (Å²) in [6.45, 7) is 1.81. The van der Waals surface area contributed by atoms with Crippen LogP contribution in [-0.2, 0) is 9.47 Å². The zero-order valence-electron chi connectivity index (χ0n) is 14.0. The number of carbonyl (C=O) groups excluding carboxylic acids is 1. The first kappa shape index (κ1) is 16.6. The molecule has 26 heavy (non-hydrogen) atoms. The van der Waals surface area contributed by atoms with E-state index in [1.54, 1.807) is 18.2 Å². The standard InChI is InChI=1S/C18H18FN3O4/c19-16-9-13(1-2-15(16)12-3-6-24-7-4-12)22-11-14(26-18(22)23)10-20-17-5-8-25-21-17/h1-3,5,8-9,14H,4,6-7,10-11H2,(H,20,21)/t14-/m0/s1. The summed E-state index contributed by atoms with van der Waals surface area (Å²) >= 11 is 0. The van der Waals surface area contributed by atoms with Crippen molar-refractivity contribution in [1.82, 2.24) is 5.16 Å². The molecule has 0 radical (unpaired) electrons. The van der Waals surface area contributed by atoms with Gasteiger partial charge in [-0.3, -0.25) is 4.90 Å². The number of rotatable bonds is 5. The third-order valence-corrected chi connectivity index (χ3v) is 4.40. The first-order chi connectivity index (χ1) is 12.7. The van der Waals surface area contributed by atoms with E-state index in [4.69, 9.17) is 14.0 Å². The number of hydrogen-bond donors (Lipinski definition) is 1. The molecule has 0 aliphatic carbocycles. The van der Waals surface area contributed by atoms with Crippen LogP contribution in [0.5, 0.6) is 0 Å². The fraction of sp³-hybridized carbons (Fsp3) is 0.333. The largest absolute Gasteiger partial charge is 0.442 e. The van der Waals surface area contributed by atoms with Crippen molar-refractivity contribution >= 4 is 23.2 Å². The van der Waals surface area contributed by atoms with Gasteiger partial charge in [-0.15, -0.1) is 0 Å². The molecule has 1 amide bonds. The highest BCUT2D eigenvalue weighted by Gasteiger charge is 2.32. The van der Waals surface area contributed by atoms with Gasteiger partial charge in [0.1, 0.15) is 18.2 Å². The van der Waals surface area contributed by atoms with Gasteiger partial charge in [-0.25, -0.2) is 9.18 Å². The van der Waals surface area contributed by atoms with Gasteiger partial charge in [0.2, 0.25) is 0 Å². The zero-order chi connectivity index (χ0) is 17.9. The molecule has 1 aromatic carbocycles. The quantitative estimate of drug-likeness (QED) is 0.884. The lowest BCUT2D eigenvalue weighted by atomic mass is 10.0. The molecule has 0 unspecified atom stereocenters. The highest BCUT2D eigenvalue weighted by Crippen LogP contribution is 2.29. The number of nitrogens with zero attached hydrogens (tertiary/aromatic N) is 2. The van der Waals surface area contributed by atoms with Crippen molar-refractivity contribution in [3.8, 4) is 0 Å². The van der Waals surface area contributed by atoms with Gasteiger partial charge < -0.3 is 19.3 Å². The fourth-order valence-corrected chi connectivity index (χ4v) is 3.06. The number of anilines is 2. The van der Waals surface area contributed by atoms with E-state index in [0.717, 1.165) is 5.57 Å². The van der Waals surface area contributed by atoms with Crippen LogP contribution in [0.15, 0.2) is 41.1 Å². The molecule has 0 bridgehead atoms. The van der Waals surface area contributed by atoms with Crippen molar-refractivity contribution in [3.05, 3.63) is 48.0 Å². The Morgan fingerprint density at radius 1 is 1.35 bits per heavy atom. The SMILES string of the molecule is O=C1O[C@@H](CNc2ccon2)CN1c1ccc(C2=CCOCC2)c(F)c1. The van der Waals surface area contributed by atoms with E-state index in [0.29, 0.717) is 49.8 Å². The van der Waals surface area contributed by atoms with E-state index < -0.39 is 6.09 Å². The number of halogens is 1. The Morgan fingerprint density at radius 2 is 2.27 bits per heavy atom. The van der Waals surface area contributed by atoms with Crippen LogP contribution in [0.25, 0.3) is 5.57 Å². The molecule has 1 atom stereocenters. The number of benzene rings is 1. The molecule has 7 nitrogen and oxygen atoms in total. The third kappa shape index (κ3) is 3.41. The molecule has 2 aromatic rings. The number of hydrogen-bond acceptors (Lipinski definition) is 6. The summed E-state index contributed by atoms with van der Waals surface area (Å²) in [4.78, 5) is 13.6. The van der Waals surface area contributed by atoms with Crippen LogP contribution in [0.4, 0.5) is 20.7 Å². The normalized spacial score (nSPS) is 20.0. The van der Waals surface area contributed by atoms with Crippen LogP contribution in [-0.4, -0.2) is 43.7 Å². The second-order valence-electron chi connectivity index (χ2n) is 6.10. The molecule has 0 saturated carbocycles. The Hall–Kier alpha value is -2.87. The predicted octanol–water partition coefficient (Wildman–Crippen LogP) is 3.05. The molecule has 3 heterocycles. The van der Waals surface area contributed by atoms with Crippen LogP contribution in [0, 0.1) is 5.82 Å². The minimum atomic E-state index is -0.491. The topological polar surface area (TPSA) is 76.8 Å². The molecule has 8 heteroatoms. The molecule has 1 N–H and O–H groups in total. The van der Waals surface area contributed by atoms with Crippen molar-refractivity contribution in [2.24, 2.45) is 0 Å². The molecule has 1 saturated heterocycles. The first-order valence-corrected chi connectivity index (χ1v) is 8.40. The molecule has 1 aromatic heterocycles. The van der Waals surface area contributed by atoms with Crippen LogP contribution in [0.2, 0.25) is 0 Å². The molecule has 4 rings (SSSR count). The number of amides is 1. The summed E-state index contributed by atoms with van der Waals surface area (Å²) < 4.78 is 29.9. The number of ether oxygens (including phenoxy) is 2. The maximum atomic E-state index is 14.6. The van der Waals surface area contributed by atoms with Gasteiger partial charge >= 0.3 is 6.09 Å². The number of cyclic esters (lactones) is 1. The van der Waals surface area contributed by atoms with E-state index >= 15 is 0 Å². The summed E-state index contributed by atoms with van der Waals surface area (Å²) in [6, 6.07) is 6.49. The van der Waals surface area contributed by atoms with E-state index in [9.17, 15) is 9.18 Å². The second-order valence-corrected chi connectivity index (χ2v) is 6.10. The van der Waals surface area contributed by atoms with Gasteiger partial charge in [0, 0.05) is 11.6 Å². The summed E-state index contributed by atoms with van der Waals surface area (Å²) in [7, 11) is 0. The summed E-state index contributed by atoms with van der Waals surface area (Å²) in [6.07, 6.45) is 3.16. The Bertz CT molecular complexity index is 822. The molecule has 2 aliphatic heterocycles. The molecular formula is C18H18FN3O4. The lowest BCUT2D eigenvalue weighted by Crippen LogP contribution is -2.27. The van der Waals surface area contributed by atoms with Crippen molar-refractivity contribution in [1.29, 1.82) is 0 Å². The van der Waals surface area contributed by atoms with Crippen LogP contribution < -0.4 is 10.2 Å². The van der Waals surface area contributed by atoms with Gasteiger partial charge in [0.15, 0.2) is 5.82 Å².